The Balaban J connectivity index is 1.51. The van der Waals surface area contributed by atoms with Crippen LogP contribution in [0.25, 0.3) is 0 Å². The molecule has 1 amide bonds. The monoisotopic (exact) mass is 551 g/mol. The van der Waals surface area contributed by atoms with Gasteiger partial charge in [-0.1, -0.05) is 42.5 Å². The van der Waals surface area contributed by atoms with E-state index in [1.807, 2.05) is 67.2 Å². The van der Waals surface area contributed by atoms with E-state index in [9.17, 15) is 14.7 Å². The second kappa shape index (κ2) is 16.5. The third-order valence-corrected chi connectivity index (χ3v) is 7.00. The number of amides is 1. The van der Waals surface area contributed by atoms with Crippen LogP contribution >= 0.6 is 11.8 Å². The highest BCUT2D eigenvalue weighted by Gasteiger charge is 2.18. The first kappa shape index (κ1) is 30.1. The molecule has 3 aromatic rings. The molecule has 0 aliphatic rings. The van der Waals surface area contributed by atoms with Crippen molar-refractivity contribution in [1.29, 1.82) is 0 Å². The summed E-state index contributed by atoms with van der Waals surface area (Å²) in [5, 5.41) is 9.29. The standard InChI is InChI=1S/C31H37NO6S/c1-3-36-29(30(33)34)23-25-14-16-26(17-15-25)37-20-19-32(31(35)38-27-11-9-10-24(2)22-27)18-7-8-21-39-28-12-5-4-6-13-28/h4-6,9-17,22,29H,3,7-8,18-21,23H2,1-2H3,(H,33,34). The van der Waals surface area contributed by atoms with Crippen LogP contribution in [0.4, 0.5) is 4.79 Å². The zero-order valence-corrected chi connectivity index (χ0v) is 23.4. The maximum atomic E-state index is 13.0. The molecule has 0 aliphatic carbocycles. The lowest BCUT2D eigenvalue weighted by molar-refractivity contribution is -0.149. The van der Waals surface area contributed by atoms with Crippen LogP contribution in [0.2, 0.25) is 0 Å². The normalized spacial score (nSPS) is 11.5. The van der Waals surface area contributed by atoms with Gasteiger partial charge in [-0.25, -0.2) is 9.59 Å². The summed E-state index contributed by atoms with van der Waals surface area (Å²) in [5.74, 6) is 1.16. The van der Waals surface area contributed by atoms with Gasteiger partial charge in [-0.3, -0.25) is 0 Å². The Morgan fingerprint density at radius 2 is 1.69 bits per heavy atom. The number of aryl methyl sites for hydroxylation is 1. The fourth-order valence-corrected chi connectivity index (χ4v) is 4.81. The van der Waals surface area contributed by atoms with Crippen LogP contribution in [0, 0.1) is 6.92 Å². The van der Waals surface area contributed by atoms with Crippen LogP contribution in [0.3, 0.4) is 0 Å². The Kier molecular flexibility index (Phi) is 12.7. The summed E-state index contributed by atoms with van der Waals surface area (Å²) in [7, 11) is 0. The topological polar surface area (TPSA) is 85.3 Å². The first-order chi connectivity index (χ1) is 18.9. The van der Waals surface area contributed by atoms with Gasteiger partial charge in [-0.05, 0) is 80.0 Å². The fourth-order valence-electron chi connectivity index (χ4n) is 3.88. The molecule has 3 rings (SSSR count). The lowest BCUT2D eigenvalue weighted by Gasteiger charge is -2.22. The molecule has 7 nitrogen and oxygen atoms in total. The van der Waals surface area contributed by atoms with Crippen LogP contribution in [0.5, 0.6) is 11.5 Å². The predicted molar refractivity (Wildman–Crippen MR) is 154 cm³/mol. The molecule has 0 aromatic heterocycles. The van der Waals surface area contributed by atoms with E-state index in [4.69, 9.17) is 14.2 Å². The van der Waals surface area contributed by atoms with Crippen LogP contribution in [0.1, 0.15) is 30.9 Å². The van der Waals surface area contributed by atoms with E-state index >= 15 is 0 Å². The second-order valence-electron chi connectivity index (χ2n) is 9.02. The molecule has 0 heterocycles. The minimum atomic E-state index is -0.978. The second-order valence-corrected chi connectivity index (χ2v) is 10.2. The fraction of sp³-hybridized carbons (Fsp3) is 0.355. The van der Waals surface area contributed by atoms with Gasteiger partial charge in [0.05, 0.1) is 6.54 Å². The third kappa shape index (κ3) is 11.0. The summed E-state index contributed by atoms with van der Waals surface area (Å²) < 4.78 is 16.8. The van der Waals surface area contributed by atoms with Crippen molar-refractivity contribution in [2.24, 2.45) is 0 Å². The number of carbonyl (C=O) groups is 2. The molecule has 1 atom stereocenters. The molecule has 1 N–H and O–H groups in total. The SMILES string of the molecule is CCOC(Cc1ccc(OCCN(CCCCSc2ccccc2)C(=O)Oc2cccc(C)c2)cc1)C(=O)O. The summed E-state index contributed by atoms with van der Waals surface area (Å²) in [5.41, 5.74) is 1.87. The molecule has 0 radical (unpaired) electrons. The van der Waals surface area contributed by atoms with E-state index in [1.54, 1.807) is 30.0 Å². The first-order valence-electron chi connectivity index (χ1n) is 13.2. The van der Waals surface area contributed by atoms with Crippen molar-refractivity contribution in [3.05, 3.63) is 90.0 Å². The molecule has 0 aliphatic heterocycles. The number of carboxylic acid groups (broad SMARTS) is 1. The molecule has 1 unspecified atom stereocenters. The number of thioether (sulfide) groups is 1. The number of carbonyl (C=O) groups excluding carboxylic acids is 1. The predicted octanol–water partition coefficient (Wildman–Crippen LogP) is 6.48. The van der Waals surface area contributed by atoms with Crippen molar-refractivity contribution in [2.45, 2.75) is 44.1 Å². The van der Waals surface area contributed by atoms with Crippen LogP contribution < -0.4 is 9.47 Å². The number of carboxylic acids is 1. The molecule has 0 fully saturated rings. The number of rotatable bonds is 16. The molecule has 0 saturated carbocycles. The van der Waals surface area contributed by atoms with Crippen molar-refractivity contribution in [1.82, 2.24) is 4.90 Å². The maximum absolute atomic E-state index is 13.0. The summed E-state index contributed by atoms with van der Waals surface area (Å²) >= 11 is 1.81. The highest BCUT2D eigenvalue weighted by Crippen LogP contribution is 2.19. The Bertz CT molecular complexity index is 1160. The number of nitrogens with zero attached hydrogens (tertiary/aromatic N) is 1. The minimum absolute atomic E-state index is 0.282. The average Bonchev–Trinajstić information content (AvgIpc) is 2.93. The molecule has 0 saturated heterocycles. The molecular formula is C31H37NO6S. The van der Waals surface area contributed by atoms with Gasteiger partial charge in [0.15, 0.2) is 6.10 Å². The minimum Gasteiger partial charge on any atom is -0.492 e. The zero-order valence-electron chi connectivity index (χ0n) is 22.6. The Morgan fingerprint density at radius 1 is 0.923 bits per heavy atom. The van der Waals surface area contributed by atoms with Crippen molar-refractivity contribution in [3.8, 4) is 11.5 Å². The lowest BCUT2D eigenvalue weighted by atomic mass is 10.1. The molecule has 208 valence electrons. The van der Waals surface area contributed by atoms with E-state index in [0.717, 1.165) is 29.7 Å². The molecule has 39 heavy (non-hydrogen) atoms. The van der Waals surface area contributed by atoms with E-state index in [1.165, 1.54) is 4.90 Å². The highest BCUT2D eigenvalue weighted by atomic mass is 32.2. The van der Waals surface area contributed by atoms with Crippen LogP contribution in [-0.2, 0) is 16.0 Å². The smallest absolute Gasteiger partial charge is 0.415 e. The van der Waals surface area contributed by atoms with E-state index in [0.29, 0.717) is 37.8 Å². The van der Waals surface area contributed by atoms with Crippen LogP contribution in [-0.4, -0.2) is 60.2 Å². The van der Waals surface area contributed by atoms with E-state index < -0.39 is 18.2 Å². The Labute approximate surface area is 235 Å². The van der Waals surface area contributed by atoms with E-state index in [-0.39, 0.29) is 6.42 Å². The van der Waals surface area contributed by atoms with Gasteiger partial charge in [-0.2, -0.15) is 0 Å². The summed E-state index contributed by atoms with van der Waals surface area (Å²) in [4.78, 5) is 27.3. The maximum Gasteiger partial charge on any atom is 0.415 e. The van der Waals surface area contributed by atoms with Gasteiger partial charge >= 0.3 is 12.1 Å². The number of aliphatic carboxylic acids is 1. The number of hydrogen-bond acceptors (Lipinski definition) is 6. The van der Waals surface area contributed by atoms with Gasteiger partial charge < -0.3 is 24.2 Å². The third-order valence-electron chi connectivity index (χ3n) is 5.90. The van der Waals surface area contributed by atoms with Gasteiger partial charge in [0.2, 0.25) is 0 Å². The number of ether oxygens (including phenoxy) is 3. The van der Waals surface area contributed by atoms with E-state index in [2.05, 4.69) is 12.1 Å². The largest absolute Gasteiger partial charge is 0.492 e. The van der Waals surface area contributed by atoms with Crippen molar-refractivity contribution < 1.29 is 28.9 Å². The van der Waals surface area contributed by atoms with Crippen molar-refractivity contribution in [2.75, 3.05) is 32.1 Å². The van der Waals surface area contributed by atoms with Crippen molar-refractivity contribution in [3.63, 3.8) is 0 Å². The number of unbranched alkanes of at least 4 members (excludes halogenated alkanes) is 1. The molecule has 8 heteroatoms. The Morgan fingerprint density at radius 3 is 2.38 bits per heavy atom. The van der Waals surface area contributed by atoms with Gasteiger partial charge in [0, 0.05) is 24.5 Å². The summed E-state index contributed by atoms with van der Waals surface area (Å²) in [6.07, 6.45) is 0.827. The quantitative estimate of drug-likeness (QED) is 0.161. The molecule has 0 bridgehead atoms. The van der Waals surface area contributed by atoms with Gasteiger partial charge in [0.1, 0.15) is 18.1 Å². The van der Waals surface area contributed by atoms with Gasteiger partial charge in [-0.15, -0.1) is 11.8 Å². The summed E-state index contributed by atoms with van der Waals surface area (Å²) in [6, 6.07) is 25.0. The average molecular weight is 552 g/mol. The highest BCUT2D eigenvalue weighted by molar-refractivity contribution is 7.99. The van der Waals surface area contributed by atoms with Gasteiger partial charge in [0.25, 0.3) is 0 Å². The molecule has 3 aromatic carbocycles. The molecule has 0 spiro atoms. The van der Waals surface area contributed by atoms with Crippen molar-refractivity contribution >= 4 is 23.8 Å². The Hall–Kier alpha value is -3.49. The lowest BCUT2D eigenvalue weighted by Crippen LogP contribution is -2.37. The zero-order chi connectivity index (χ0) is 27.9. The van der Waals surface area contributed by atoms with Crippen LogP contribution in [0.15, 0.2) is 83.8 Å². The molecular weight excluding hydrogens is 514 g/mol. The first-order valence-corrected chi connectivity index (χ1v) is 14.2. The number of benzene rings is 3. The summed E-state index contributed by atoms with van der Waals surface area (Å²) in [6.45, 7) is 5.32. The number of hydrogen-bond donors (Lipinski definition) is 1.